The number of nitrogens with zero attached hydrogens (tertiary/aromatic N) is 1. The van der Waals surface area contributed by atoms with Gasteiger partial charge in [-0.1, -0.05) is 0 Å². The van der Waals surface area contributed by atoms with Crippen molar-refractivity contribution in [2.24, 2.45) is 0 Å². The lowest BCUT2D eigenvalue weighted by atomic mass is 10.1. The fraction of sp³-hybridized carbons (Fsp3) is 0.200. The summed E-state index contributed by atoms with van der Waals surface area (Å²) in [5.74, 6) is -0.730. The van der Waals surface area contributed by atoms with E-state index in [4.69, 9.17) is 4.74 Å². The number of carbonyl (C=O) groups excluding carboxylic acids is 2. The van der Waals surface area contributed by atoms with E-state index in [0.29, 0.717) is 6.29 Å². The van der Waals surface area contributed by atoms with Gasteiger partial charge >= 0.3 is 5.97 Å². The first-order valence-electron chi connectivity index (χ1n) is 4.45. The van der Waals surface area contributed by atoms with Gasteiger partial charge in [-0.3, -0.25) is 14.9 Å². The molecule has 90 valence electrons. The van der Waals surface area contributed by atoms with Gasteiger partial charge in [-0.25, -0.2) is 4.79 Å². The standard InChI is InChI=1S/C10H9NO6/c1-16-9-3-6(5-12)8(11(14)15)4-7(9)10(13)17-2/h3-5H,1-2H3. The molecule has 1 aromatic carbocycles. The average molecular weight is 239 g/mol. The predicted octanol–water partition coefficient (Wildman–Crippen LogP) is 1.20. The number of ether oxygens (including phenoxy) is 2. The maximum absolute atomic E-state index is 11.4. The van der Waals surface area contributed by atoms with E-state index >= 15 is 0 Å². The van der Waals surface area contributed by atoms with E-state index < -0.39 is 16.6 Å². The average Bonchev–Trinajstić information content (AvgIpc) is 2.35. The third kappa shape index (κ3) is 2.39. The number of methoxy groups -OCH3 is 2. The molecule has 0 radical (unpaired) electrons. The van der Waals surface area contributed by atoms with Crippen LogP contribution >= 0.6 is 0 Å². The summed E-state index contributed by atoms with van der Waals surface area (Å²) in [6.45, 7) is 0. The number of benzene rings is 1. The van der Waals surface area contributed by atoms with Crippen LogP contribution in [-0.4, -0.2) is 31.4 Å². The van der Waals surface area contributed by atoms with Crippen LogP contribution in [0.3, 0.4) is 0 Å². The number of hydrogen-bond donors (Lipinski definition) is 0. The molecule has 0 saturated heterocycles. The van der Waals surface area contributed by atoms with Crippen LogP contribution in [0.4, 0.5) is 5.69 Å². The monoisotopic (exact) mass is 239 g/mol. The van der Waals surface area contributed by atoms with Crippen LogP contribution in [0, 0.1) is 10.1 Å². The number of aldehydes is 1. The Kier molecular flexibility index (Phi) is 3.76. The summed E-state index contributed by atoms with van der Waals surface area (Å²) in [5.41, 5.74) is -0.743. The zero-order valence-electron chi connectivity index (χ0n) is 9.13. The first-order chi connectivity index (χ1) is 8.04. The Labute approximate surface area is 96.1 Å². The van der Waals surface area contributed by atoms with Crippen molar-refractivity contribution < 1.29 is 24.0 Å². The summed E-state index contributed by atoms with van der Waals surface area (Å²) in [4.78, 5) is 32.0. The molecule has 7 nitrogen and oxygen atoms in total. The van der Waals surface area contributed by atoms with Crippen molar-refractivity contribution in [1.29, 1.82) is 0 Å². The van der Waals surface area contributed by atoms with E-state index in [0.717, 1.165) is 19.2 Å². The molecular weight excluding hydrogens is 230 g/mol. The lowest BCUT2D eigenvalue weighted by molar-refractivity contribution is -0.385. The van der Waals surface area contributed by atoms with Crippen molar-refractivity contribution in [1.82, 2.24) is 0 Å². The first-order valence-corrected chi connectivity index (χ1v) is 4.45. The molecular formula is C10H9NO6. The Morgan fingerprint density at radius 3 is 2.47 bits per heavy atom. The molecule has 0 unspecified atom stereocenters. The maximum Gasteiger partial charge on any atom is 0.341 e. The van der Waals surface area contributed by atoms with Crippen molar-refractivity contribution >= 4 is 17.9 Å². The van der Waals surface area contributed by atoms with Crippen molar-refractivity contribution in [2.75, 3.05) is 14.2 Å². The van der Waals surface area contributed by atoms with E-state index in [2.05, 4.69) is 4.74 Å². The molecule has 0 aliphatic heterocycles. The molecule has 7 heteroatoms. The zero-order chi connectivity index (χ0) is 13.0. The van der Waals surface area contributed by atoms with Gasteiger partial charge < -0.3 is 9.47 Å². The number of rotatable bonds is 4. The van der Waals surface area contributed by atoms with E-state index in [1.807, 2.05) is 0 Å². The smallest absolute Gasteiger partial charge is 0.341 e. The molecule has 0 aromatic heterocycles. The minimum absolute atomic E-state index is 0.0459. The van der Waals surface area contributed by atoms with Gasteiger partial charge in [0.1, 0.15) is 11.3 Å². The summed E-state index contributed by atoms with van der Waals surface area (Å²) in [7, 11) is 2.42. The molecule has 0 heterocycles. The van der Waals surface area contributed by atoms with Gasteiger partial charge in [-0.05, 0) is 6.07 Å². The molecule has 0 amide bonds. The molecule has 0 saturated carbocycles. The molecule has 0 aliphatic rings. The quantitative estimate of drug-likeness (QED) is 0.339. The number of nitro benzene ring substituents is 1. The van der Waals surface area contributed by atoms with Crippen molar-refractivity contribution in [3.8, 4) is 5.75 Å². The van der Waals surface area contributed by atoms with Crippen LogP contribution in [-0.2, 0) is 4.74 Å². The number of nitro groups is 1. The lowest BCUT2D eigenvalue weighted by Crippen LogP contribution is -2.06. The SMILES string of the molecule is COC(=O)c1cc([N+](=O)[O-])c(C=O)cc1OC. The Morgan fingerprint density at radius 2 is 2.06 bits per heavy atom. The Hall–Kier alpha value is -2.44. The van der Waals surface area contributed by atoms with Crippen LogP contribution in [0.15, 0.2) is 12.1 Å². The summed E-state index contributed by atoms with van der Waals surface area (Å²) < 4.78 is 9.32. The molecule has 17 heavy (non-hydrogen) atoms. The minimum atomic E-state index is -0.776. The summed E-state index contributed by atoms with van der Waals surface area (Å²) in [6.07, 6.45) is 0.321. The molecule has 0 fully saturated rings. The predicted molar refractivity (Wildman–Crippen MR) is 56.4 cm³/mol. The van der Waals surface area contributed by atoms with Gasteiger partial charge in [-0.2, -0.15) is 0 Å². The second-order valence-corrected chi connectivity index (χ2v) is 2.98. The van der Waals surface area contributed by atoms with Crippen LogP contribution in [0.25, 0.3) is 0 Å². The van der Waals surface area contributed by atoms with Crippen molar-refractivity contribution in [2.45, 2.75) is 0 Å². The first kappa shape index (κ1) is 12.6. The number of esters is 1. The fourth-order valence-corrected chi connectivity index (χ4v) is 1.27. The molecule has 0 aliphatic carbocycles. The largest absolute Gasteiger partial charge is 0.496 e. The van der Waals surface area contributed by atoms with E-state index in [-0.39, 0.29) is 16.9 Å². The van der Waals surface area contributed by atoms with Crippen LogP contribution in [0.1, 0.15) is 20.7 Å². The summed E-state index contributed by atoms with van der Waals surface area (Å²) in [5, 5.41) is 10.7. The maximum atomic E-state index is 11.4. The van der Waals surface area contributed by atoms with E-state index in [9.17, 15) is 19.7 Å². The highest BCUT2D eigenvalue weighted by molar-refractivity contribution is 5.95. The second kappa shape index (κ2) is 5.06. The highest BCUT2D eigenvalue weighted by Gasteiger charge is 2.22. The summed E-state index contributed by atoms with van der Waals surface area (Å²) in [6, 6.07) is 2.08. The van der Waals surface area contributed by atoms with Crippen LogP contribution in [0.5, 0.6) is 5.75 Å². The van der Waals surface area contributed by atoms with Crippen LogP contribution < -0.4 is 4.74 Å². The van der Waals surface area contributed by atoms with Gasteiger partial charge in [0.25, 0.3) is 5.69 Å². The van der Waals surface area contributed by atoms with E-state index in [1.165, 1.54) is 7.11 Å². The number of hydrogen-bond acceptors (Lipinski definition) is 6. The molecule has 1 rings (SSSR count). The topological polar surface area (TPSA) is 95.7 Å². The molecule has 0 N–H and O–H groups in total. The van der Waals surface area contributed by atoms with Gasteiger partial charge in [-0.15, -0.1) is 0 Å². The highest BCUT2D eigenvalue weighted by Crippen LogP contribution is 2.28. The Morgan fingerprint density at radius 1 is 1.41 bits per heavy atom. The number of carbonyl (C=O) groups is 2. The minimum Gasteiger partial charge on any atom is -0.496 e. The van der Waals surface area contributed by atoms with Crippen molar-refractivity contribution in [3.63, 3.8) is 0 Å². The Balaban J connectivity index is 3.49. The van der Waals surface area contributed by atoms with Crippen molar-refractivity contribution in [3.05, 3.63) is 33.4 Å². The molecule has 1 aromatic rings. The normalized spacial score (nSPS) is 9.53. The van der Waals surface area contributed by atoms with Gasteiger partial charge in [0.15, 0.2) is 6.29 Å². The van der Waals surface area contributed by atoms with Gasteiger partial charge in [0.2, 0.25) is 0 Å². The molecule has 0 spiro atoms. The fourth-order valence-electron chi connectivity index (χ4n) is 1.27. The second-order valence-electron chi connectivity index (χ2n) is 2.98. The lowest BCUT2D eigenvalue weighted by Gasteiger charge is -2.07. The third-order valence-corrected chi connectivity index (χ3v) is 2.08. The van der Waals surface area contributed by atoms with E-state index in [1.54, 1.807) is 0 Å². The van der Waals surface area contributed by atoms with Gasteiger partial charge in [0.05, 0.1) is 24.7 Å². The van der Waals surface area contributed by atoms with Crippen LogP contribution in [0.2, 0.25) is 0 Å². The molecule has 0 atom stereocenters. The molecule has 0 bridgehead atoms. The highest BCUT2D eigenvalue weighted by atomic mass is 16.6. The third-order valence-electron chi connectivity index (χ3n) is 2.08. The Bertz CT molecular complexity index is 482. The van der Waals surface area contributed by atoms with Gasteiger partial charge in [0, 0.05) is 6.07 Å². The zero-order valence-corrected chi connectivity index (χ0v) is 9.13. The summed E-state index contributed by atoms with van der Waals surface area (Å²) >= 11 is 0.